The molecule has 1 aromatic rings. The minimum atomic E-state index is 0.144. The van der Waals surface area contributed by atoms with Gasteiger partial charge < -0.3 is 4.79 Å². The topological polar surface area (TPSA) is 17.1 Å². The fourth-order valence-electron chi connectivity index (χ4n) is 2.20. The SMILES string of the molecule is CCC(C)c1ccc(C(C=O)C2CC2)cc1. The molecule has 0 radical (unpaired) electrons. The third-order valence-electron chi connectivity index (χ3n) is 3.78. The number of benzene rings is 1. The van der Waals surface area contributed by atoms with Crippen LogP contribution in [0, 0.1) is 5.92 Å². The van der Waals surface area contributed by atoms with Gasteiger partial charge in [0.2, 0.25) is 0 Å². The standard InChI is InChI=1S/C15H20O/c1-3-11(2)12-4-6-13(7-5-12)15(10-16)14-8-9-14/h4-7,10-11,14-15H,3,8-9H2,1-2H3. The van der Waals surface area contributed by atoms with Crippen LogP contribution in [-0.2, 0) is 4.79 Å². The Kier molecular flexibility index (Phi) is 3.42. The molecule has 86 valence electrons. The van der Waals surface area contributed by atoms with Crippen molar-refractivity contribution < 1.29 is 4.79 Å². The summed E-state index contributed by atoms with van der Waals surface area (Å²) in [6, 6.07) is 8.64. The molecule has 1 nitrogen and oxygen atoms in total. The third kappa shape index (κ3) is 2.34. The molecule has 0 aromatic heterocycles. The predicted octanol–water partition coefficient (Wildman–Crippen LogP) is 3.89. The molecule has 2 unspecified atom stereocenters. The van der Waals surface area contributed by atoms with Crippen LogP contribution in [0.5, 0.6) is 0 Å². The van der Waals surface area contributed by atoms with E-state index in [1.54, 1.807) is 0 Å². The number of hydrogen-bond donors (Lipinski definition) is 0. The summed E-state index contributed by atoms with van der Waals surface area (Å²) < 4.78 is 0. The van der Waals surface area contributed by atoms with Crippen molar-refractivity contribution in [1.82, 2.24) is 0 Å². The first-order valence-corrected chi connectivity index (χ1v) is 6.31. The average Bonchev–Trinajstić information content (AvgIpc) is 3.14. The molecule has 0 N–H and O–H groups in total. The van der Waals surface area contributed by atoms with Crippen LogP contribution >= 0.6 is 0 Å². The van der Waals surface area contributed by atoms with E-state index in [1.165, 1.54) is 30.4 Å². The van der Waals surface area contributed by atoms with E-state index in [9.17, 15) is 4.79 Å². The van der Waals surface area contributed by atoms with E-state index in [4.69, 9.17) is 0 Å². The van der Waals surface area contributed by atoms with Gasteiger partial charge in [0.1, 0.15) is 6.29 Å². The lowest BCUT2D eigenvalue weighted by Gasteiger charge is -2.12. The maximum Gasteiger partial charge on any atom is 0.127 e. The molecule has 0 spiro atoms. The first-order valence-electron chi connectivity index (χ1n) is 6.31. The number of carbonyl (C=O) groups excluding carboxylic acids is 1. The lowest BCUT2D eigenvalue weighted by Crippen LogP contribution is -2.03. The Morgan fingerprint density at radius 1 is 1.25 bits per heavy atom. The molecule has 1 saturated carbocycles. The van der Waals surface area contributed by atoms with Gasteiger partial charge in [0, 0.05) is 5.92 Å². The van der Waals surface area contributed by atoms with Crippen molar-refractivity contribution >= 4 is 6.29 Å². The van der Waals surface area contributed by atoms with Gasteiger partial charge in [-0.05, 0) is 42.2 Å². The molecule has 0 heterocycles. The second-order valence-electron chi connectivity index (χ2n) is 4.98. The molecule has 1 aliphatic carbocycles. The third-order valence-corrected chi connectivity index (χ3v) is 3.78. The first kappa shape index (κ1) is 11.4. The van der Waals surface area contributed by atoms with E-state index in [0.29, 0.717) is 11.8 Å². The number of hydrogen-bond acceptors (Lipinski definition) is 1. The van der Waals surface area contributed by atoms with Gasteiger partial charge >= 0.3 is 0 Å². The zero-order chi connectivity index (χ0) is 11.5. The van der Waals surface area contributed by atoms with Crippen LogP contribution in [0.2, 0.25) is 0 Å². The number of rotatable bonds is 5. The summed E-state index contributed by atoms with van der Waals surface area (Å²) >= 11 is 0. The monoisotopic (exact) mass is 216 g/mol. The molecule has 1 fully saturated rings. The molecule has 1 heteroatoms. The Bertz CT molecular complexity index is 348. The molecule has 2 atom stereocenters. The highest BCUT2D eigenvalue weighted by Crippen LogP contribution is 2.41. The van der Waals surface area contributed by atoms with Crippen molar-refractivity contribution in [2.45, 2.75) is 44.9 Å². The van der Waals surface area contributed by atoms with Gasteiger partial charge in [-0.2, -0.15) is 0 Å². The minimum absolute atomic E-state index is 0.144. The first-order chi connectivity index (χ1) is 7.76. The summed E-state index contributed by atoms with van der Waals surface area (Å²) in [5, 5.41) is 0. The van der Waals surface area contributed by atoms with E-state index < -0.39 is 0 Å². The second-order valence-corrected chi connectivity index (χ2v) is 4.98. The Balaban J connectivity index is 2.14. The summed E-state index contributed by atoms with van der Waals surface area (Å²) in [5.41, 5.74) is 2.58. The zero-order valence-corrected chi connectivity index (χ0v) is 10.1. The minimum Gasteiger partial charge on any atom is -0.303 e. The average molecular weight is 216 g/mol. The van der Waals surface area contributed by atoms with Gasteiger partial charge in [-0.15, -0.1) is 0 Å². The van der Waals surface area contributed by atoms with Crippen molar-refractivity contribution in [1.29, 1.82) is 0 Å². The summed E-state index contributed by atoms with van der Waals surface area (Å²) in [6.07, 6.45) is 4.72. The van der Waals surface area contributed by atoms with E-state index in [0.717, 1.165) is 6.29 Å². The van der Waals surface area contributed by atoms with E-state index in [2.05, 4.69) is 38.1 Å². The largest absolute Gasteiger partial charge is 0.303 e. The van der Waals surface area contributed by atoms with Crippen molar-refractivity contribution in [3.8, 4) is 0 Å². The highest BCUT2D eigenvalue weighted by atomic mass is 16.1. The van der Waals surface area contributed by atoms with Crippen molar-refractivity contribution in [3.05, 3.63) is 35.4 Å². The summed E-state index contributed by atoms with van der Waals surface area (Å²) in [7, 11) is 0. The zero-order valence-electron chi connectivity index (χ0n) is 10.1. The van der Waals surface area contributed by atoms with Crippen LogP contribution in [0.3, 0.4) is 0 Å². The fraction of sp³-hybridized carbons (Fsp3) is 0.533. The van der Waals surface area contributed by atoms with Gasteiger partial charge in [0.15, 0.2) is 0 Å². The van der Waals surface area contributed by atoms with Crippen LogP contribution in [0.1, 0.15) is 56.1 Å². The second kappa shape index (κ2) is 4.82. The van der Waals surface area contributed by atoms with Crippen molar-refractivity contribution in [2.24, 2.45) is 5.92 Å². The van der Waals surface area contributed by atoms with Gasteiger partial charge in [0.05, 0.1) is 0 Å². The molecule has 1 aliphatic rings. The van der Waals surface area contributed by atoms with Crippen molar-refractivity contribution in [3.63, 3.8) is 0 Å². The summed E-state index contributed by atoms with van der Waals surface area (Å²) in [4.78, 5) is 11.1. The van der Waals surface area contributed by atoms with Gasteiger partial charge in [-0.3, -0.25) is 0 Å². The van der Waals surface area contributed by atoms with E-state index in [1.807, 2.05) is 0 Å². The van der Waals surface area contributed by atoms with E-state index >= 15 is 0 Å². The highest BCUT2D eigenvalue weighted by molar-refractivity contribution is 5.63. The molecule has 2 rings (SSSR count). The maximum atomic E-state index is 11.1. The number of aldehydes is 1. The van der Waals surface area contributed by atoms with Crippen LogP contribution < -0.4 is 0 Å². The van der Waals surface area contributed by atoms with Gasteiger partial charge in [-0.1, -0.05) is 38.1 Å². The van der Waals surface area contributed by atoms with E-state index in [-0.39, 0.29) is 5.92 Å². The Morgan fingerprint density at radius 3 is 2.25 bits per heavy atom. The lowest BCUT2D eigenvalue weighted by molar-refractivity contribution is -0.109. The molecular weight excluding hydrogens is 196 g/mol. The molecule has 0 bridgehead atoms. The Hall–Kier alpha value is -1.11. The fourth-order valence-corrected chi connectivity index (χ4v) is 2.20. The van der Waals surface area contributed by atoms with Gasteiger partial charge in [-0.25, -0.2) is 0 Å². The normalized spacial score (nSPS) is 19.1. The maximum absolute atomic E-state index is 11.1. The lowest BCUT2D eigenvalue weighted by atomic mass is 9.92. The smallest absolute Gasteiger partial charge is 0.127 e. The van der Waals surface area contributed by atoms with Crippen LogP contribution in [0.15, 0.2) is 24.3 Å². The van der Waals surface area contributed by atoms with Crippen LogP contribution in [0.4, 0.5) is 0 Å². The molecule has 0 aliphatic heterocycles. The number of carbonyl (C=O) groups is 1. The van der Waals surface area contributed by atoms with Crippen molar-refractivity contribution in [2.75, 3.05) is 0 Å². The Labute approximate surface area is 97.9 Å². The molecule has 0 amide bonds. The van der Waals surface area contributed by atoms with Crippen LogP contribution in [-0.4, -0.2) is 6.29 Å². The summed E-state index contributed by atoms with van der Waals surface area (Å²) in [6.45, 7) is 4.45. The Morgan fingerprint density at radius 2 is 1.81 bits per heavy atom. The molecule has 0 saturated heterocycles. The summed E-state index contributed by atoms with van der Waals surface area (Å²) in [5.74, 6) is 1.38. The molecule has 1 aromatic carbocycles. The van der Waals surface area contributed by atoms with Gasteiger partial charge in [0.25, 0.3) is 0 Å². The molecule has 16 heavy (non-hydrogen) atoms. The highest BCUT2D eigenvalue weighted by Gasteiger charge is 2.31. The van der Waals surface area contributed by atoms with Crippen LogP contribution in [0.25, 0.3) is 0 Å². The quantitative estimate of drug-likeness (QED) is 0.682. The molecular formula is C15H20O. The predicted molar refractivity (Wildman–Crippen MR) is 66.7 cm³/mol.